The van der Waals surface area contributed by atoms with E-state index in [1.54, 1.807) is 24.2 Å². The average Bonchev–Trinajstić information content (AvgIpc) is 2.60. The molecule has 1 saturated heterocycles. The molecule has 144 valence electrons. The number of nitrogens with zero attached hydrogens (tertiary/aromatic N) is 3. The number of amides is 1. The molecule has 1 N–H and O–H groups in total. The molecule has 2 aromatic rings. The molecule has 0 bridgehead atoms. The van der Waals surface area contributed by atoms with Gasteiger partial charge in [0.15, 0.2) is 0 Å². The summed E-state index contributed by atoms with van der Waals surface area (Å²) >= 11 is 0. The van der Waals surface area contributed by atoms with Crippen molar-refractivity contribution in [1.82, 2.24) is 9.88 Å². The van der Waals surface area contributed by atoms with Gasteiger partial charge in [0.2, 0.25) is 5.91 Å². The first kappa shape index (κ1) is 19.4. The fraction of sp³-hybridized carbons (Fsp3) is 0.455. The smallest absolute Gasteiger partial charge is 0.250 e. The molecule has 1 aromatic carbocycles. The summed E-state index contributed by atoms with van der Waals surface area (Å²) in [6.07, 6.45) is 3.44. The van der Waals surface area contributed by atoms with Gasteiger partial charge >= 0.3 is 0 Å². The maximum atomic E-state index is 13.2. The van der Waals surface area contributed by atoms with Gasteiger partial charge in [-0.15, -0.1) is 0 Å². The van der Waals surface area contributed by atoms with E-state index in [1.807, 2.05) is 24.1 Å². The number of aromatic nitrogens is 1. The number of benzene rings is 1. The van der Waals surface area contributed by atoms with E-state index in [2.05, 4.69) is 50.0 Å². The average molecular weight is 367 g/mol. The molecule has 1 unspecified atom stereocenters. The zero-order chi connectivity index (χ0) is 19.8. The molecule has 1 fully saturated rings. The van der Waals surface area contributed by atoms with Crippen LogP contribution in [-0.2, 0) is 10.2 Å². The normalized spacial score (nSPS) is 17.2. The zero-order valence-electron chi connectivity index (χ0n) is 16.8. The number of rotatable bonds is 4. The fourth-order valence-corrected chi connectivity index (χ4v) is 3.52. The lowest BCUT2D eigenvalue weighted by molar-refractivity contribution is -0.153. The first-order valence-corrected chi connectivity index (χ1v) is 9.33. The van der Waals surface area contributed by atoms with Gasteiger partial charge < -0.3 is 14.9 Å². The van der Waals surface area contributed by atoms with E-state index < -0.39 is 11.6 Å². The number of likely N-dealkylation sites (N-methyl/N-ethyl adjacent to an activating group) is 1. The number of pyridine rings is 1. The molecular weight excluding hydrogens is 338 g/mol. The fourth-order valence-electron chi connectivity index (χ4n) is 3.52. The maximum absolute atomic E-state index is 13.2. The number of likely N-dealkylation sites (tertiary alicyclic amines) is 1. The highest BCUT2D eigenvalue weighted by atomic mass is 16.3. The van der Waals surface area contributed by atoms with E-state index in [1.165, 1.54) is 5.56 Å². The van der Waals surface area contributed by atoms with Crippen LogP contribution < -0.4 is 4.90 Å². The Labute approximate surface area is 161 Å². The van der Waals surface area contributed by atoms with Crippen LogP contribution in [0.2, 0.25) is 0 Å². The van der Waals surface area contributed by atoms with Crippen LogP contribution in [-0.4, -0.2) is 46.6 Å². The lowest BCUT2D eigenvalue weighted by Crippen LogP contribution is -2.63. The number of β-amino-alcohol motifs (C(OH)–C–C–N with tert-alkyl or cyclic N) is 1. The van der Waals surface area contributed by atoms with Crippen molar-refractivity contribution in [1.29, 1.82) is 0 Å². The Morgan fingerprint density at radius 2 is 1.85 bits per heavy atom. The topological polar surface area (TPSA) is 56.7 Å². The summed E-state index contributed by atoms with van der Waals surface area (Å²) in [5, 5.41) is 10.0. The van der Waals surface area contributed by atoms with Crippen LogP contribution in [0.5, 0.6) is 0 Å². The Bertz CT molecular complexity index is 787. The minimum absolute atomic E-state index is 0.0167. The molecule has 3 rings (SSSR count). The van der Waals surface area contributed by atoms with Crippen molar-refractivity contribution in [3.05, 3.63) is 59.9 Å². The number of carbonyl (C=O) groups is 1. The highest BCUT2D eigenvalue weighted by Crippen LogP contribution is 2.32. The summed E-state index contributed by atoms with van der Waals surface area (Å²) < 4.78 is 0. The third-order valence-electron chi connectivity index (χ3n) is 5.14. The Balaban J connectivity index is 1.89. The van der Waals surface area contributed by atoms with Gasteiger partial charge in [-0.2, -0.15) is 0 Å². The maximum Gasteiger partial charge on any atom is 0.250 e. The van der Waals surface area contributed by atoms with E-state index in [0.29, 0.717) is 13.1 Å². The monoisotopic (exact) mass is 367 g/mol. The van der Waals surface area contributed by atoms with Crippen molar-refractivity contribution in [2.45, 2.75) is 44.8 Å². The van der Waals surface area contributed by atoms with Crippen LogP contribution in [0.4, 0.5) is 5.69 Å². The van der Waals surface area contributed by atoms with Gasteiger partial charge in [-0.3, -0.25) is 9.78 Å². The van der Waals surface area contributed by atoms with Crippen molar-refractivity contribution in [2.75, 3.05) is 25.0 Å². The summed E-state index contributed by atoms with van der Waals surface area (Å²) in [4.78, 5) is 21.1. The molecule has 1 aliphatic heterocycles. The third-order valence-corrected chi connectivity index (χ3v) is 5.14. The number of carbonyl (C=O) groups excluding carboxylic acids is 1. The second-order valence-electron chi connectivity index (χ2n) is 8.79. The predicted octanol–water partition coefficient (Wildman–Crippen LogP) is 3.15. The molecule has 0 aliphatic carbocycles. The minimum Gasteiger partial charge on any atom is -0.386 e. The minimum atomic E-state index is -0.790. The lowest BCUT2D eigenvalue weighted by atomic mass is 9.87. The molecule has 0 saturated carbocycles. The summed E-state index contributed by atoms with van der Waals surface area (Å²) in [6.45, 7) is 9.03. The molecule has 1 amide bonds. The van der Waals surface area contributed by atoms with E-state index >= 15 is 0 Å². The molecule has 1 atom stereocenters. The van der Waals surface area contributed by atoms with Gasteiger partial charge in [-0.05, 0) is 36.1 Å². The van der Waals surface area contributed by atoms with Gasteiger partial charge in [0.05, 0.1) is 18.7 Å². The molecular formula is C22H29N3O2. The Morgan fingerprint density at radius 1 is 1.22 bits per heavy atom. The van der Waals surface area contributed by atoms with Crippen molar-refractivity contribution >= 4 is 11.6 Å². The molecule has 2 heterocycles. The van der Waals surface area contributed by atoms with E-state index in [4.69, 9.17) is 0 Å². The molecule has 0 spiro atoms. The van der Waals surface area contributed by atoms with Crippen LogP contribution in [0.1, 0.15) is 44.9 Å². The summed E-state index contributed by atoms with van der Waals surface area (Å²) in [7, 11) is 1.93. The molecule has 27 heavy (non-hydrogen) atoms. The first-order chi connectivity index (χ1) is 12.6. The van der Waals surface area contributed by atoms with E-state index in [9.17, 15) is 9.90 Å². The van der Waals surface area contributed by atoms with Crippen molar-refractivity contribution in [3.8, 4) is 0 Å². The molecule has 5 heteroatoms. The van der Waals surface area contributed by atoms with Gasteiger partial charge in [0.25, 0.3) is 0 Å². The van der Waals surface area contributed by atoms with Crippen LogP contribution in [0, 0.1) is 0 Å². The van der Waals surface area contributed by atoms with Crippen molar-refractivity contribution in [3.63, 3.8) is 0 Å². The van der Waals surface area contributed by atoms with Crippen LogP contribution >= 0.6 is 0 Å². The zero-order valence-corrected chi connectivity index (χ0v) is 16.8. The van der Waals surface area contributed by atoms with Gasteiger partial charge in [-0.1, -0.05) is 39.0 Å². The van der Waals surface area contributed by atoms with Gasteiger partial charge in [0.1, 0.15) is 6.04 Å². The number of anilines is 1. The lowest BCUT2D eigenvalue weighted by Gasteiger charge is -2.46. The largest absolute Gasteiger partial charge is 0.386 e. The number of hydrogen-bond acceptors (Lipinski definition) is 4. The molecule has 1 aromatic heterocycles. The second-order valence-corrected chi connectivity index (χ2v) is 8.79. The Morgan fingerprint density at radius 3 is 2.33 bits per heavy atom. The predicted molar refractivity (Wildman–Crippen MR) is 108 cm³/mol. The Hall–Kier alpha value is -2.40. The number of hydrogen-bond donors (Lipinski definition) is 1. The molecule has 5 nitrogen and oxygen atoms in total. The highest BCUT2D eigenvalue weighted by molar-refractivity contribution is 5.87. The number of aliphatic hydroxyl groups is 1. The van der Waals surface area contributed by atoms with E-state index in [0.717, 1.165) is 11.3 Å². The second kappa shape index (κ2) is 6.97. The van der Waals surface area contributed by atoms with Crippen LogP contribution in [0.25, 0.3) is 0 Å². The first-order valence-electron chi connectivity index (χ1n) is 9.33. The molecule has 1 aliphatic rings. The summed E-state index contributed by atoms with van der Waals surface area (Å²) in [6, 6.07) is 11.6. The Kier molecular flexibility index (Phi) is 5.00. The summed E-state index contributed by atoms with van der Waals surface area (Å²) in [5.74, 6) is -0.0167. The summed E-state index contributed by atoms with van der Waals surface area (Å²) in [5.41, 5.74) is 2.36. The SMILES string of the molecule is CN(c1ccc(C(C)(C)C)cc1)C(C(=O)N1CC(C)(O)C1)c1cccnc1. The standard InChI is InChI=1S/C22H29N3O2/c1-21(2,3)17-8-10-18(11-9-17)24(5)19(16-7-6-12-23-13-16)20(26)25-14-22(4,27)15-25/h6-13,19,27H,14-15H2,1-5H3. The molecule has 0 radical (unpaired) electrons. The highest BCUT2D eigenvalue weighted by Gasteiger charge is 2.43. The van der Waals surface area contributed by atoms with Crippen molar-refractivity contribution < 1.29 is 9.90 Å². The van der Waals surface area contributed by atoms with Gasteiger partial charge in [-0.25, -0.2) is 0 Å². The van der Waals surface area contributed by atoms with Crippen molar-refractivity contribution in [2.24, 2.45) is 0 Å². The van der Waals surface area contributed by atoms with Crippen LogP contribution in [0.15, 0.2) is 48.8 Å². The third kappa shape index (κ3) is 4.14. The van der Waals surface area contributed by atoms with Crippen LogP contribution in [0.3, 0.4) is 0 Å². The van der Waals surface area contributed by atoms with E-state index in [-0.39, 0.29) is 11.3 Å². The quantitative estimate of drug-likeness (QED) is 0.902. The van der Waals surface area contributed by atoms with Gasteiger partial charge in [0, 0.05) is 30.7 Å².